The second-order valence-corrected chi connectivity index (χ2v) is 5.06. The molecule has 1 fully saturated rings. The van der Waals surface area contributed by atoms with Gasteiger partial charge in [0.2, 0.25) is 0 Å². The Morgan fingerprint density at radius 3 is 2.86 bits per heavy atom. The molecule has 1 saturated heterocycles. The van der Waals surface area contributed by atoms with Crippen LogP contribution in [0.25, 0.3) is 0 Å². The van der Waals surface area contributed by atoms with Gasteiger partial charge in [0.05, 0.1) is 6.61 Å². The molecule has 0 aromatic heterocycles. The Hall–Kier alpha value is -2.33. The van der Waals surface area contributed by atoms with Crippen molar-refractivity contribution in [1.29, 1.82) is 0 Å². The van der Waals surface area contributed by atoms with Crippen molar-refractivity contribution < 1.29 is 14.3 Å². The lowest BCUT2D eigenvalue weighted by atomic mass is 10.1. The highest BCUT2D eigenvalue weighted by molar-refractivity contribution is 6.05. The van der Waals surface area contributed by atoms with Crippen LogP contribution in [0.4, 0.5) is 5.69 Å². The first kappa shape index (κ1) is 13.6. The van der Waals surface area contributed by atoms with Gasteiger partial charge in [0.25, 0.3) is 5.91 Å². The lowest BCUT2D eigenvalue weighted by Gasteiger charge is -2.09. The van der Waals surface area contributed by atoms with Gasteiger partial charge in [-0.1, -0.05) is 24.3 Å². The third kappa shape index (κ3) is 3.61. The molecular weight excluding hydrogens is 266 g/mol. The van der Waals surface area contributed by atoms with Crippen molar-refractivity contribution in [3.8, 4) is 5.75 Å². The van der Waals surface area contributed by atoms with Crippen molar-refractivity contribution in [2.24, 2.45) is 0 Å². The Kier molecular flexibility index (Phi) is 3.88. The first-order valence-electron chi connectivity index (χ1n) is 6.94. The van der Waals surface area contributed by atoms with E-state index in [9.17, 15) is 4.79 Å². The maximum atomic E-state index is 12.3. The lowest BCUT2D eigenvalue weighted by Crippen LogP contribution is -2.13. The predicted molar refractivity (Wildman–Crippen MR) is 80.8 cm³/mol. The minimum absolute atomic E-state index is 0.115. The van der Waals surface area contributed by atoms with E-state index in [0.717, 1.165) is 23.6 Å². The van der Waals surface area contributed by atoms with Gasteiger partial charge in [-0.2, -0.15) is 0 Å². The molecule has 0 bridgehead atoms. The molecule has 1 aliphatic rings. The summed E-state index contributed by atoms with van der Waals surface area (Å²) in [5, 5.41) is 2.89. The molecule has 1 aliphatic heterocycles. The number of aryl methyl sites for hydroxylation is 1. The third-order valence-corrected chi connectivity index (χ3v) is 3.32. The van der Waals surface area contributed by atoms with Crippen molar-refractivity contribution in [1.82, 2.24) is 0 Å². The number of hydrogen-bond acceptors (Lipinski definition) is 3. The summed E-state index contributed by atoms with van der Waals surface area (Å²) in [6, 6.07) is 14.9. The molecule has 3 rings (SSSR count). The van der Waals surface area contributed by atoms with Gasteiger partial charge in [0.1, 0.15) is 18.5 Å². The fourth-order valence-corrected chi connectivity index (χ4v) is 2.04. The molecule has 21 heavy (non-hydrogen) atoms. The van der Waals surface area contributed by atoms with Gasteiger partial charge in [-0.15, -0.1) is 0 Å². The number of amides is 1. The van der Waals surface area contributed by atoms with Gasteiger partial charge in [-0.05, 0) is 30.7 Å². The molecule has 0 aliphatic carbocycles. The smallest absolute Gasteiger partial charge is 0.255 e. The number of benzene rings is 2. The second kappa shape index (κ2) is 5.97. The summed E-state index contributed by atoms with van der Waals surface area (Å²) in [4.78, 5) is 12.3. The standard InChI is InChI=1S/C17H17NO3/c1-12-5-2-3-8-16(12)17(19)18-13-6-4-7-14(9-13)20-10-15-11-21-15/h2-9,15H,10-11H2,1H3,(H,18,19). The zero-order chi connectivity index (χ0) is 14.7. The predicted octanol–water partition coefficient (Wildman–Crippen LogP) is 3.02. The fraction of sp³-hybridized carbons (Fsp3) is 0.235. The number of anilines is 1. The van der Waals surface area contributed by atoms with E-state index < -0.39 is 0 Å². The molecule has 2 aromatic carbocycles. The summed E-state index contributed by atoms with van der Waals surface area (Å²) in [6.07, 6.45) is 0.218. The number of hydrogen-bond donors (Lipinski definition) is 1. The monoisotopic (exact) mass is 283 g/mol. The van der Waals surface area contributed by atoms with Crippen LogP contribution in [0, 0.1) is 6.92 Å². The molecular formula is C17H17NO3. The van der Waals surface area contributed by atoms with E-state index in [0.29, 0.717) is 12.2 Å². The molecule has 0 spiro atoms. The first-order valence-corrected chi connectivity index (χ1v) is 6.94. The van der Waals surface area contributed by atoms with E-state index in [1.807, 2.05) is 55.5 Å². The van der Waals surface area contributed by atoms with E-state index in [1.165, 1.54) is 0 Å². The highest BCUT2D eigenvalue weighted by atomic mass is 16.6. The van der Waals surface area contributed by atoms with Crippen molar-refractivity contribution in [2.45, 2.75) is 13.0 Å². The van der Waals surface area contributed by atoms with Crippen LogP contribution in [0.1, 0.15) is 15.9 Å². The molecule has 2 aromatic rings. The van der Waals surface area contributed by atoms with Crippen LogP contribution >= 0.6 is 0 Å². The number of rotatable bonds is 5. The van der Waals surface area contributed by atoms with Crippen molar-refractivity contribution in [2.75, 3.05) is 18.5 Å². The first-order chi connectivity index (χ1) is 10.2. The molecule has 1 atom stereocenters. The summed E-state index contributed by atoms with van der Waals surface area (Å²) in [5.41, 5.74) is 2.35. The molecule has 4 heteroatoms. The minimum atomic E-state index is -0.115. The second-order valence-electron chi connectivity index (χ2n) is 5.06. The number of nitrogens with one attached hydrogen (secondary N) is 1. The van der Waals surface area contributed by atoms with Crippen LogP contribution in [0.15, 0.2) is 48.5 Å². The van der Waals surface area contributed by atoms with Crippen LogP contribution in [0.3, 0.4) is 0 Å². The SMILES string of the molecule is Cc1ccccc1C(=O)Nc1cccc(OCC2CO2)c1. The lowest BCUT2D eigenvalue weighted by molar-refractivity contribution is 0.102. The van der Waals surface area contributed by atoms with Gasteiger partial charge in [0, 0.05) is 17.3 Å². The van der Waals surface area contributed by atoms with Crippen LogP contribution < -0.4 is 10.1 Å². The van der Waals surface area contributed by atoms with E-state index >= 15 is 0 Å². The van der Waals surface area contributed by atoms with E-state index in [1.54, 1.807) is 0 Å². The Bertz CT molecular complexity index is 650. The van der Waals surface area contributed by atoms with Crippen LogP contribution in [-0.2, 0) is 4.74 Å². The normalized spacial score (nSPS) is 16.3. The van der Waals surface area contributed by atoms with Crippen molar-refractivity contribution >= 4 is 11.6 Å². The summed E-state index contributed by atoms with van der Waals surface area (Å²) < 4.78 is 10.7. The fourth-order valence-electron chi connectivity index (χ4n) is 2.04. The van der Waals surface area contributed by atoms with Crippen molar-refractivity contribution in [3.05, 3.63) is 59.7 Å². The molecule has 1 heterocycles. The number of carbonyl (C=O) groups is 1. The zero-order valence-corrected chi connectivity index (χ0v) is 11.8. The zero-order valence-electron chi connectivity index (χ0n) is 11.8. The quantitative estimate of drug-likeness (QED) is 0.858. The maximum absolute atomic E-state index is 12.3. The van der Waals surface area contributed by atoms with Gasteiger partial charge in [-0.25, -0.2) is 0 Å². The molecule has 1 amide bonds. The molecule has 0 saturated carbocycles. The molecule has 0 radical (unpaired) electrons. The molecule has 108 valence electrons. The Balaban J connectivity index is 1.67. The summed E-state index contributed by atoms with van der Waals surface area (Å²) in [5.74, 6) is 0.615. The number of epoxide rings is 1. The summed E-state index contributed by atoms with van der Waals surface area (Å²) in [6.45, 7) is 3.24. The van der Waals surface area contributed by atoms with Crippen LogP contribution in [-0.4, -0.2) is 25.2 Å². The van der Waals surface area contributed by atoms with Gasteiger partial charge >= 0.3 is 0 Å². The maximum Gasteiger partial charge on any atom is 0.255 e. The minimum Gasteiger partial charge on any atom is -0.491 e. The van der Waals surface area contributed by atoms with Crippen LogP contribution in [0.2, 0.25) is 0 Å². The third-order valence-electron chi connectivity index (χ3n) is 3.32. The Labute approximate surface area is 123 Å². The average molecular weight is 283 g/mol. The van der Waals surface area contributed by atoms with Gasteiger partial charge < -0.3 is 14.8 Å². The summed E-state index contributed by atoms with van der Waals surface area (Å²) in [7, 11) is 0. The average Bonchev–Trinajstić information content (AvgIpc) is 3.30. The largest absolute Gasteiger partial charge is 0.491 e. The highest BCUT2D eigenvalue weighted by Gasteiger charge is 2.23. The van der Waals surface area contributed by atoms with Gasteiger partial charge in [0.15, 0.2) is 0 Å². The van der Waals surface area contributed by atoms with Crippen LogP contribution in [0.5, 0.6) is 5.75 Å². The van der Waals surface area contributed by atoms with Gasteiger partial charge in [-0.3, -0.25) is 4.79 Å². The van der Waals surface area contributed by atoms with E-state index in [-0.39, 0.29) is 12.0 Å². The topological polar surface area (TPSA) is 50.9 Å². The van der Waals surface area contributed by atoms with Crippen molar-refractivity contribution in [3.63, 3.8) is 0 Å². The molecule has 1 unspecified atom stereocenters. The van der Waals surface area contributed by atoms with E-state index in [2.05, 4.69) is 5.32 Å². The molecule has 4 nitrogen and oxygen atoms in total. The van der Waals surface area contributed by atoms with E-state index in [4.69, 9.17) is 9.47 Å². The Morgan fingerprint density at radius 2 is 2.10 bits per heavy atom. The highest BCUT2D eigenvalue weighted by Crippen LogP contribution is 2.20. The summed E-state index contributed by atoms with van der Waals surface area (Å²) >= 11 is 0. The molecule has 1 N–H and O–H groups in total. The Morgan fingerprint density at radius 1 is 1.29 bits per heavy atom. The number of carbonyl (C=O) groups excluding carboxylic acids is 1. The number of ether oxygens (including phenoxy) is 2.